The molecule has 10 heteroatoms. The Labute approximate surface area is 214 Å². The van der Waals surface area contributed by atoms with Crippen molar-refractivity contribution >= 4 is 34.1 Å². The molecule has 0 saturated heterocycles. The third-order valence-electron chi connectivity index (χ3n) is 5.81. The van der Waals surface area contributed by atoms with Gasteiger partial charge in [0.25, 0.3) is 5.56 Å². The van der Waals surface area contributed by atoms with E-state index in [1.54, 1.807) is 38.4 Å². The van der Waals surface area contributed by atoms with E-state index in [0.717, 1.165) is 22.0 Å². The van der Waals surface area contributed by atoms with Crippen LogP contribution < -0.4 is 10.4 Å². The lowest BCUT2D eigenvalue weighted by Gasteiger charge is -2.07. The molecule has 2 N–H and O–H groups in total. The summed E-state index contributed by atoms with van der Waals surface area (Å²) in [4.78, 5) is 19.7. The van der Waals surface area contributed by atoms with E-state index in [9.17, 15) is 15.0 Å². The number of benzene rings is 2. The van der Waals surface area contributed by atoms with Crippen LogP contribution in [0.5, 0.6) is 11.5 Å². The molecule has 182 valence electrons. The van der Waals surface area contributed by atoms with Crippen molar-refractivity contribution < 1.29 is 10.2 Å². The Kier molecular flexibility index (Phi) is 6.21. The van der Waals surface area contributed by atoms with Crippen LogP contribution in [0.3, 0.4) is 0 Å². The van der Waals surface area contributed by atoms with Gasteiger partial charge in [-0.2, -0.15) is 5.10 Å². The Morgan fingerprint density at radius 1 is 1.00 bits per heavy atom. The molecule has 5 rings (SSSR count). The van der Waals surface area contributed by atoms with Gasteiger partial charge in [-0.15, -0.1) is 22.7 Å². The number of hydrogen-bond donors (Lipinski definition) is 2. The van der Waals surface area contributed by atoms with Crippen molar-refractivity contribution in [2.45, 2.75) is 13.8 Å². The van der Waals surface area contributed by atoms with Crippen LogP contribution >= 0.6 is 22.7 Å². The number of aromatic hydroxyl groups is 2. The number of thiophene rings is 1. The van der Waals surface area contributed by atoms with Gasteiger partial charge in [0, 0.05) is 24.1 Å². The molecule has 5 aromatic rings. The van der Waals surface area contributed by atoms with Gasteiger partial charge in [-0.1, -0.05) is 24.3 Å². The number of phenols is 2. The Morgan fingerprint density at radius 3 is 2.47 bits per heavy atom. The Balaban J connectivity index is 1.72. The van der Waals surface area contributed by atoms with Crippen LogP contribution in [0.1, 0.15) is 18.2 Å². The van der Waals surface area contributed by atoms with Gasteiger partial charge in [0.1, 0.15) is 11.5 Å². The van der Waals surface area contributed by atoms with E-state index in [0.29, 0.717) is 21.8 Å². The van der Waals surface area contributed by atoms with E-state index in [1.807, 2.05) is 67.2 Å². The topological polar surface area (TPSA) is 97.0 Å². The Morgan fingerprint density at radius 2 is 1.78 bits per heavy atom. The average molecular weight is 518 g/mol. The Hall–Kier alpha value is -4.15. The Bertz CT molecular complexity index is 1700. The zero-order valence-electron chi connectivity index (χ0n) is 19.8. The van der Waals surface area contributed by atoms with Gasteiger partial charge in [0.2, 0.25) is 4.80 Å². The fourth-order valence-corrected chi connectivity index (χ4v) is 5.51. The van der Waals surface area contributed by atoms with Gasteiger partial charge in [0.15, 0.2) is 5.69 Å². The van der Waals surface area contributed by atoms with Gasteiger partial charge >= 0.3 is 0 Å². The molecule has 0 unspecified atom stereocenters. The van der Waals surface area contributed by atoms with E-state index in [1.165, 1.54) is 23.5 Å². The van der Waals surface area contributed by atoms with E-state index in [-0.39, 0.29) is 17.1 Å². The molecule has 36 heavy (non-hydrogen) atoms. The van der Waals surface area contributed by atoms with Crippen molar-refractivity contribution in [3.05, 3.63) is 97.8 Å². The van der Waals surface area contributed by atoms with Crippen LogP contribution in [0.4, 0.5) is 5.69 Å². The first-order valence-electron chi connectivity index (χ1n) is 11.1. The first-order chi connectivity index (χ1) is 17.3. The van der Waals surface area contributed by atoms with E-state index >= 15 is 0 Å². The predicted molar refractivity (Wildman–Crippen MR) is 144 cm³/mol. The molecule has 3 aromatic heterocycles. The van der Waals surface area contributed by atoms with Crippen molar-refractivity contribution in [2.75, 3.05) is 0 Å². The zero-order valence-corrected chi connectivity index (χ0v) is 21.4. The van der Waals surface area contributed by atoms with Crippen LogP contribution in [0.15, 0.2) is 86.3 Å². The summed E-state index contributed by atoms with van der Waals surface area (Å²) in [6, 6.07) is 17.8. The van der Waals surface area contributed by atoms with Gasteiger partial charge in [-0.05, 0) is 49.6 Å². The van der Waals surface area contributed by atoms with Crippen LogP contribution in [0, 0.1) is 6.92 Å². The minimum Gasteiger partial charge on any atom is -0.508 e. The number of hydrogen-bond acceptors (Lipinski definition) is 7. The molecule has 0 aliphatic heterocycles. The smallest absolute Gasteiger partial charge is 0.297 e. The molecule has 0 radical (unpaired) electrons. The SMILES string of the molecule is CC(=Nn1c(-c2cccs2)csc1=Nc1c(C)n(C)n(-c2ccccc2)c1=O)c1ccc(O)cc1O. The first kappa shape index (κ1) is 23.6. The van der Waals surface area contributed by atoms with Crippen LogP contribution in [-0.4, -0.2) is 30.0 Å². The van der Waals surface area contributed by atoms with Gasteiger partial charge in [-0.3, -0.25) is 9.48 Å². The first-order valence-corrected chi connectivity index (χ1v) is 12.8. The number of nitrogens with zero attached hydrogens (tertiary/aromatic N) is 5. The summed E-state index contributed by atoms with van der Waals surface area (Å²) in [6.45, 7) is 3.63. The summed E-state index contributed by atoms with van der Waals surface area (Å²) in [5.74, 6) is -0.107. The lowest BCUT2D eigenvalue weighted by Crippen LogP contribution is -2.20. The summed E-state index contributed by atoms with van der Waals surface area (Å²) in [7, 11) is 1.83. The largest absolute Gasteiger partial charge is 0.508 e. The monoisotopic (exact) mass is 517 g/mol. The molecule has 0 fully saturated rings. The fourth-order valence-electron chi connectivity index (χ4n) is 3.88. The van der Waals surface area contributed by atoms with Crippen molar-refractivity contribution in [3.63, 3.8) is 0 Å². The molecule has 8 nitrogen and oxygen atoms in total. The number of rotatable bonds is 5. The fraction of sp³-hybridized carbons (Fsp3) is 0.115. The second kappa shape index (κ2) is 9.48. The van der Waals surface area contributed by atoms with E-state index < -0.39 is 0 Å². The molecule has 3 heterocycles. The van der Waals surface area contributed by atoms with Crippen LogP contribution in [0.25, 0.3) is 16.3 Å². The maximum Gasteiger partial charge on any atom is 0.297 e. The lowest BCUT2D eigenvalue weighted by molar-refractivity contribution is 0.450. The van der Waals surface area contributed by atoms with E-state index in [4.69, 9.17) is 10.1 Å². The molecule has 0 aliphatic carbocycles. The zero-order chi connectivity index (χ0) is 25.4. The lowest BCUT2D eigenvalue weighted by atomic mass is 10.1. The predicted octanol–water partition coefficient (Wildman–Crippen LogP) is 4.99. The second-order valence-electron chi connectivity index (χ2n) is 8.10. The molecular formula is C26H23N5O3S2. The quantitative estimate of drug-likeness (QED) is 0.321. The summed E-state index contributed by atoms with van der Waals surface area (Å²) >= 11 is 2.95. The number of para-hydroxylation sites is 1. The van der Waals surface area contributed by atoms with Crippen molar-refractivity contribution in [1.29, 1.82) is 0 Å². The van der Waals surface area contributed by atoms with Crippen LogP contribution in [0.2, 0.25) is 0 Å². The second-order valence-corrected chi connectivity index (χ2v) is 9.89. The average Bonchev–Trinajstić information content (AvgIpc) is 3.57. The molecule has 2 aromatic carbocycles. The highest BCUT2D eigenvalue weighted by atomic mass is 32.1. The van der Waals surface area contributed by atoms with Crippen molar-refractivity contribution in [1.82, 2.24) is 14.0 Å². The summed E-state index contributed by atoms with van der Waals surface area (Å²) in [5.41, 5.74) is 3.41. The number of aromatic nitrogens is 3. The minimum absolute atomic E-state index is 0.0311. The summed E-state index contributed by atoms with van der Waals surface area (Å²) in [6.07, 6.45) is 0. The molecule has 0 saturated carbocycles. The minimum atomic E-state index is -0.226. The number of thiazole rings is 1. The summed E-state index contributed by atoms with van der Waals surface area (Å²) < 4.78 is 5.07. The molecule has 0 atom stereocenters. The standard InChI is InChI=1S/C26H23N5O3S2/c1-16(20-12-11-19(32)14-22(20)33)28-30-21(23-10-7-13-35-23)15-36-26(30)27-24-17(2)29(3)31(25(24)34)18-8-5-4-6-9-18/h4-15,32-33H,1-3H3. The van der Waals surface area contributed by atoms with Crippen molar-refractivity contribution in [3.8, 4) is 27.8 Å². The molecule has 0 spiro atoms. The highest BCUT2D eigenvalue weighted by Gasteiger charge is 2.17. The highest BCUT2D eigenvalue weighted by molar-refractivity contribution is 7.14. The van der Waals surface area contributed by atoms with Crippen molar-refractivity contribution in [2.24, 2.45) is 17.1 Å². The van der Waals surface area contributed by atoms with Gasteiger partial charge in [0.05, 0.1) is 27.7 Å². The van der Waals surface area contributed by atoms with E-state index in [2.05, 4.69) is 0 Å². The van der Waals surface area contributed by atoms with Crippen LogP contribution in [-0.2, 0) is 7.05 Å². The molecule has 0 aliphatic rings. The summed E-state index contributed by atoms with van der Waals surface area (Å²) in [5, 5.41) is 28.7. The molecule has 0 amide bonds. The molecular weight excluding hydrogens is 494 g/mol. The third-order valence-corrected chi connectivity index (χ3v) is 7.52. The maximum atomic E-state index is 13.4. The third kappa shape index (κ3) is 4.21. The highest BCUT2D eigenvalue weighted by Crippen LogP contribution is 2.27. The van der Waals surface area contributed by atoms with Gasteiger partial charge < -0.3 is 10.2 Å². The van der Waals surface area contributed by atoms with Gasteiger partial charge in [-0.25, -0.2) is 14.4 Å². The normalized spacial score (nSPS) is 12.4. The maximum absolute atomic E-state index is 13.4. The number of phenolic OH excluding ortho intramolecular Hbond substituents is 2. The molecule has 0 bridgehead atoms.